The number of fused-ring (bicyclic) bond motifs is 1. The molecule has 2 rings (SSSR count). The van der Waals surface area contributed by atoms with Crippen molar-refractivity contribution in [2.75, 3.05) is 19.4 Å². The van der Waals surface area contributed by atoms with Gasteiger partial charge in [-0.2, -0.15) is 11.8 Å². The monoisotopic (exact) mass is 295 g/mol. The minimum atomic E-state index is 0.277. The fourth-order valence-electron chi connectivity index (χ4n) is 2.40. The first kappa shape index (κ1) is 15.5. The van der Waals surface area contributed by atoms with Crippen molar-refractivity contribution < 1.29 is 9.47 Å². The number of benzene rings is 1. The highest BCUT2D eigenvalue weighted by Gasteiger charge is 2.21. The molecule has 1 aliphatic rings. The average Bonchev–Trinajstić information content (AvgIpc) is 2.78. The Bertz CT molecular complexity index is 450. The van der Waals surface area contributed by atoms with Crippen molar-refractivity contribution in [3.05, 3.63) is 23.3 Å². The van der Waals surface area contributed by atoms with Crippen molar-refractivity contribution in [3.8, 4) is 11.5 Å². The van der Waals surface area contributed by atoms with Gasteiger partial charge < -0.3 is 14.8 Å². The predicted molar refractivity (Wildman–Crippen MR) is 86.1 cm³/mol. The molecule has 112 valence electrons. The molecule has 4 heteroatoms. The van der Waals surface area contributed by atoms with E-state index in [0.29, 0.717) is 11.9 Å². The summed E-state index contributed by atoms with van der Waals surface area (Å²) < 4.78 is 11.6. The molecule has 3 nitrogen and oxygen atoms in total. The van der Waals surface area contributed by atoms with Crippen LogP contribution in [0.4, 0.5) is 0 Å². The van der Waals surface area contributed by atoms with Crippen molar-refractivity contribution in [3.63, 3.8) is 0 Å². The Morgan fingerprint density at radius 2 is 2.30 bits per heavy atom. The predicted octanol–water partition coefficient (Wildman–Crippen LogP) is 3.25. The third-order valence-electron chi connectivity index (χ3n) is 3.53. The topological polar surface area (TPSA) is 30.5 Å². The van der Waals surface area contributed by atoms with Crippen LogP contribution in [0.2, 0.25) is 0 Å². The van der Waals surface area contributed by atoms with Gasteiger partial charge >= 0.3 is 0 Å². The Labute approximate surface area is 126 Å². The van der Waals surface area contributed by atoms with Crippen molar-refractivity contribution in [2.45, 2.75) is 45.1 Å². The van der Waals surface area contributed by atoms with Crippen LogP contribution in [0.3, 0.4) is 0 Å². The molecule has 0 bridgehead atoms. The number of hydrogen-bond acceptors (Lipinski definition) is 4. The lowest BCUT2D eigenvalue weighted by molar-refractivity contribution is 0.254. The van der Waals surface area contributed by atoms with Gasteiger partial charge in [0.05, 0.1) is 6.61 Å². The van der Waals surface area contributed by atoms with Gasteiger partial charge in [0.15, 0.2) is 0 Å². The van der Waals surface area contributed by atoms with E-state index in [0.717, 1.165) is 31.0 Å². The first-order chi connectivity index (χ1) is 9.63. The summed E-state index contributed by atoms with van der Waals surface area (Å²) in [6, 6.07) is 4.29. The van der Waals surface area contributed by atoms with Gasteiger partial charge in [-0.15, -0.1) is 0 Å². The standard InChI is InChI=1S/C16H25NO2S/c1-5-18-15-7-13-6-11(2)19-16(13)8-14(15)10-17-9-12(3)20-4/h7-8,11-12,17H,5-6,9-10H2,1-4H3. The fraction of sp³-hybridized carbons (Fsp3) is 0.625. The summed E-state index contributed by atoms with van der Waals surface area (Å²) in [6.45, 7) is 8.89. The van der Waals surface area contributed by atoms with E-state index in [4.69, 9.17) is 9.47 Å². The first-order valence-electron chi connectivity index (χ1n) is 7.32. The number of rotatable bonds is 7. The summed E-state index contributed by atoms with van der Waals surface area (Å²) in [6.07, 6.45) is 3.40. The molecule has 1 aromatic rings. The molecule has 0 amide bonds. The number of ether oxygens (including phenoxy) is 2. The van der Waals surface area contributed by atoms with Crippen LogP contribution in [0, 0.1) is 0 Å². The maximum absolute atomic E-state index is 5.84. The van der Waals surface area contributed by atoms with E-state index >= 15 is 0 Å². The zero-order valence-electron chi connectivity index (χ0n) is 12.9. The van der Waals surface area contributed by atoms with Crippen molar-refractivity contribution in [1.29, 1.82) is 0 Å². The molecule has 0 saturated heterocycles. The highest BCUT2D eigenvalue weighted by molar-refractivity contribution is 7.99. The summed E-state index contributed by atoms with van der Waals surface area (Å²) >= 11 is 1.88. The van der Waals surface area contributed by atoms with E-state index in [2.05, 4.69) is 37.6 Å². The summed E-state index contributed by atoms with van der Waals surface area (Å²) in [5.41, 5.74) is 2.45. The van der Waals surface area contributed by atoms with Crippen molar-refractivity contribution in [1.82, 2.24) is 5.32 Å². The molecule has 1 aromatic carbocycles. The third-order valence-corrected chi connectivity index (χ3v) is 4.50. The van der Waals surface area contributed by atoms with Crippen LogP contribution >= 0.6 is 11.8 Å². The Balaban J connectivity index is 2.08. The highest BCUT2D eigenvalue weighted by atomic mass is 32.2. The van der Waals surface area contributed by atoms with Crippen LogP contribution in [-0.2, 0) is 13.0 Å². The lowest BCUT2D eigenvalue weighted by Gasteiger charge is -2.14. The van der Waals surface area contributed by atoms with Crippen molar-refractivity contribution >= 4 is 11.8 Å². The van der Waals surface area contributed by atoms with Gasteiger partial charge in [-0.3, -0.25) is 0 Å². The molecule has 1 heterocycles. The fourth-order valence-corrected chi connectivity index (χ4v) is 2.69. The summed E-state index contributed by atoms with van der Waals surface area (Å²) in [4.78, 5) is 0. The minimum Gasteiger partial charge on any atom is -0.494 e. The molecule has 20 heavy (non-hydrogen) atoms. The van der Waals surface area contributed by atoms with E-state index in [-0.39, 0.29) is 6.10 Å². The molecule has 0 saturated carbocycles. The minimum absolute atomic E-state index is 0.277. The molecule has 1 aliphatic heterocycles. The van der Waals surface area contributed by atoms with Crippen LogP contribution in [0.25, 0.3) is 0 Å². The summed E-state index contributed by atoms with van der Waals surface area (Å²) in [5, 5.41) is 4.12. The van der Waals surface area contributed by atoms with Crippen LogP contribution in [0.1, 0.15) is 31.9 Å². The van der Waals surface area contributed by atoms with Gasteiger partial charge in [-0.05, 0) is 32.2 Å². The van der Waals surface area contributed by atoms with Gasteiger partial charge in [0.2, 0.25) is 0 Å². The Kier molecular flexibility index (Phi) is 5.61. The smallest absolute Gasteiger partial charge is 0.124 e. The van der Waals surface area contributed by atoms with E-state index in [1.165, 1.54) is 11.1 Å². The maximum Gasteiger partial charge on any atom is 0.124 e. The Hall–Kier alpha value is -0.870. The second-order valence-corrected chi connectivity index (χ2v) is 6.59. The zero-order valence-corrected chi connectivity index (χ0v) is 13.7. The van der Waals surface area contributed by atoms with E-state index < -0.39 is 0 Å². The second kappa shape index (κ2) is 7.23. The third kappa shape index (κ3) is 3.83. The van der Waals surface area contributed by atoms with Crippen LogP contribution in [0.5, 0.6) is 11.5 Å². The second-order valence-electron chi connectivity index (χ2n) is 5.31. The summed E-state index contributed by atoms with van der Waals surface area (Å²) in [7, 11) is 0. The number of thioether (sulfide) groups is 1. The van der Waals surface area contributed by atoms with Crippen molar-refractivity contribution in [2.24, 2.45) is 0 Å². The summed E-state index contributed by atoms with van der Waals surface area (Å²) in [5.74, 6) is 2.02. The number of hydrogen-bond donors (Lipinski definition) is 1. The van der Waals surface area contributed by atoms with E-state index in [1.807, 2.05) is 18.7 Å². The van der Waals surface area contributed by atoms with E-state index in [1.54, 1.807) is 0 Å². The average molecular weight is 295 g/mol. The van der Waals surface area contributed by atoms with Gasteiger partial charge in [0.1, 0.15) is 17.6 Å². The highest BCUT2D eigenvalue weighted by Crippen LogP contribution is 2.35. The quantitative estimate of drug-likeness (QED) is 0.836. The first-order valence-corrected chi connectivity index (χ1v) is 8.61. The molecule has 2 unspecified atom stereocenters. The van der Waals surface area contributed by atoms with Gasteiger partial charge in [-0.1, -0.05) is 6.92 Å². The van der Waals surface area contributed by atoms with Gasteiger partial charge in [0.25, 0.3) is 0 Å². The lowest BCUT2D eigenvalue weighted by Crippen LogP contribution is -2.22. The normalized spacial score (nSPS) is 18.5. The SMILES string of the molecule is CCOc1cc2c(cc1CNCC(C)SC)OC(C)C2. The molecule has 0 aromatic heterocycles. The molecule has 0 radical (unpaired) electrons. The molecule has 0 aliphatic carbocycles. The molecular weight excluding hydrogens is 270 g/mol. The lowest BCUT2D eigenvalue weighted by atomic mass is 10.1. The molecule has 0 fully saturated rings. The van der Waals surface area contributed by atoms with Crippen LogP contribution < -0.4 is 14.8 Å². The molecule has 2 atom stereocenters. The van der Waals surface area contributed by atoms with Crippen LogP contribution in [0.15, 0.2) is 12.1 Å². The van der Waals surface area contributed by atoms with Gasteiger partial charge in [0, 0.05) is 35.9 Å². The van der Waals surface area contributed by atoms with E-state index in [9.17, 15) is 0 Å². The molecular formula is C16H25NO2S. The van der Waals surface area contributed by atoms with Gasteiger partial charge in [-0.25, -0.2) is 0 Å². The maximum atomic E-state index is 5.84. The molecule has 1 N–H and O–H groups in total. The van der Waals surface area contributed by atoms with Crippen LogP contribution in [-0.4, -0.2) is 30.8 Å². The Morgan fingerprint density at radius 1 is 1.50 bits per heavy atom. The zero-order chi connectivity index (χ0) is 14.5. The largest absolute Gasteiger partial charge is 0.494 e. The molecule has 0 spiro atoms. The number of nitrogens with one attached hydrogen (secondary N) is 1. The Morgan fingerprint density at radius 3 is 3.00 bits per heavy atom.